The Morgan fingerprint density at radius 1 is 0.962 bits per heavy atom. The first-order valence-corrected chi connectivity index (χ1v) is 8.70. The van der Waals surface area contributed by atoms with Crippen LogP contribution in [0.15, 0.2) is 54.6 Å². The van der Waals surface area contributed by atoms with Gasteiger partial charge in [0.25, 0.3) is 0 Å². The van der Waals surface area contributed by atoms with Gasteiger partial charge in [0.15, 0.2) is 0 Å². The predicted octanol–water partition coefficient (Wildman–Crippen LogP) is 3.68. The van der Waals surface area contributed by atoms with Crippen molar-refractivity contribution in [2.45, 2.75) is 13.3 Å². The highest BCUT2D eigenvalue weighted by Crippen LogP contribution is 2.22. The van der Waals surface area contributed by atoms with E-state index in [0.29, 0.717) is 16.2 Å². The zero-order valence-electron chi connectivity index (χ0n) is 15.1. The number of carbonyl (C=O) groups excluding carboxylic acids is 2. The number of amides is 1. The van der Waals surface area contributed by atoms with Gasteiger partial charge in [0.05, 0.1) is 29.3 Å². The van der Waals surface area contributed by atoms with E-state index in [1.54, 1.807) is 43.1 Å². The minimum Gasteiger partial charge on any atom is -0.462 e. The number of ether oxygens (including phenoxy) is 1. The Kier molecular flexibility index (Phi) is 6.86. The summed E-state index contributed by atoms with van der Waals surface area (Å²) in [5.41, 5.74) is 1.77. The molecule has 0 aliphatic carbocycles. The van der Waals surface area contributed by atoms with Crippen LogP contribution in [0, 0.1) is 0 Å². The molecule has 136 valence electrons. The lowest BCUT2D eigenvalue weighted by Crippen LogP contribution is -2.34. The molecule has 5 nitrogen and oxygen atoms in total. The first kappa shape index (κ1) is 19.6. The van der Waals surface area contributed by atoms with E-state index in [9.17, 15) is 9.59 Å². The first-order valence-electron chi connectivity index (χ1n) is 8.30. The van der Waals surface area contributed by atoms with Crippen LogP contribution in [0.1, 0.15) is 23.7 Å². The molecule has 0 aliphatic rings. The van der Waals surface area contributed by atoms with Crippen LogP contribution in [0.25, 0.3) is 0 Å². The van der Waals surface area contributed by atoms with Gasteiger partial charge in [-0.3, -0.25) is 4.79 Å². The van der Waals surface area contributed by atoms with E-state index in [2.05, 4.69) is 0 Å². The molecule has 2 aromatic rings. The van der Waals surface area contributed by atoms with Crippen LogP contribution in [0.3, 0.4) is 0 Å². The summed E-state index contributed by atoms with van der Waals surface area (Å²) < 4.78 is 5.06. The maximum Gasteiger partial charge on any atom is 0.340 e. The monoisotopic (exact) mass is 370 g/mol. The molecular weight excluding hydrogens is 348 g/mol. The second-order valence-corrected chi connectivity index (χ2v) is 6.13. The van der Waals surface area contributed by atoms with Crippen LogP contribution in [0.4, 0.5) is 11.4 Å². The minimum atomic E-state index is -0.452. The van der Waals surface area contributed by atoms with Gasteiger partial charge in [0.1, 0.15) is 0 Å². The Hall–Kier alpha value is -2.73. The minimum absolute atomic E-state index is 0.0639. The van der Waals surface area contributed by atoms with Crippen LogP contribution < -0.4 is 9.80 Å². The third-order valence-electron chi connectivity index (χ3n) is 3.95. The molecule has 0 radical (unpaired) electrons. The number of benzene rings is 2. The Bertz CT molecular complexity index is 793. The fourth-order valence-corrected chi connectivity index (χ4v) is 2.67. The molecule has 0 aliphatic heterocycles. The fourth-order valence-electron chi connectivity index (χ4n) is 2.44. The molecule has 0 saturated carbocycles. The lowest BCUT2D eigenvalue weighted by Gasteiger charge is -2.23. The quantitative estimate of drug-likeness (QED) is 0.573. The van der Waals surface area contributed by atoms with E-state index >= 15 is 0 Å². The van der Waals surface area contributed by atoms with Crippen molar-refractivity contribution in [3.05, 3.63) is 60.2 Å². The van der Waals surface area contributed by atoms with E-state index in [1.807, 2.05) is 37.4 Å². The summed E-state index contributed by atoms with van der Waals surface area (Å²) in [4.78, 5) is 28.5. The zero-order chi connectivity index (χ0) is 19.1. The molecule has 0 atom stereocenters. The Labute approximate surface area is 159 Å². The van der Waals surface area contributed by atoms with E-state index < -0.39 is 5.97 Å². The largest absolute Gasteiger partial charge is 0.462 e. The summed E-state index contributed by atoms with van der Waals surface area (Å²) in [6, 6.07) is 16.5. The molecule has 6 heteroatoms. The molecule has 26 heavy (non-hydrogen) atoms. The smallest absolute Gasteiger partial charge is 0.340 e. The number of hydrogen-bond donors (Lipinski definition) is 0. The molecule has 0 bridgehead atoms. The van der Waals surface area contributed by atoms with E-state index in [1.165, 1.54) is 4.90 Å². The molecule has 0 fully saturated rings. The molecule has 2 aromatic carbocycles. The van der Waals surface area contributed by atoms with Crippen LogP contribution in [0.2, 0.25) is 0 Å². The van der Waals surface area contributed by atoms with Crippen LogP contribution in [-0.2, 0) is 9.53 Å². The molecule has 0 unspecified atom stereocenters. The highest BCUT2D eigenvalue weighted by Gasteiger charge is 2.21. The van der Waals surface area contributed by atoms with Gasteiger partial charge in [-0.15, -0.1) is 0 Å². The molecule has 0 spiro atoms. The highest BCUT2D eigenvalue weighted by atomic mass is 32.1. The van der Waals surface area contributed by atoms with Crippen molar-refractivity contribution in [2.75, 3.05) is 30.5 Å². The summed E-state index contributed by atoms with van der Waals surface area (Å²) >= 11 is 5.42. The highest BCUT2D eigenvalue weighted by molar-refractivity contribution is 7.80. The zero-order valence-corrected chi connectivity index (χ0v) is 16.0. The van der Waals surface area contributed by atoms with Gasteiger partial charge in [0, 0.05) is 19.8 Å². The number of para-hydroxylation sites is 2. The van der Waals surface area contributed by atoms with Crippen molar-refractivity contribution in [1.82, 2.24) is 0 Å². The van der Waals surface area contributed by atoms with Crippen molar-refractivity contribution in [3.8, 4) is 0 Å². The van der Waals surface area contributed by atoms with Gasteiger partial charge in [-0.25, -0.2) is 4.79 Å². The lowest BCUT2D eigenvalue weighted by atomic mass is 10.1. The fraction of sp³-hybridized carbons (Fsp3) is 0.250. The Morgan fingerprint density at radius 3 is 2.23 bits per heavy atom. The van der Waals surface area contributed by atoms with E-state index in [-0.39, 0.29) is 18.9 Å². The van der Waals surface area contributed by atoms with E-state index in [0.717, 1.165) is 5.69 Å². The van der Waals surface area contributed by atoms with Crippen molar-refractivity contribution in [3.63, 3.8) is 0 Å². The van der Waals surface area contributed by atoms with Gasteiger partial charge in [-0.05, 0) is 31.2 Å². The number of thiocarbonyl (C=S) groups is 1. The number of carbonyl (C=O) groups is 2. The average Bonchev–Trinajstić information content (AvgIpc) is 2.67. The topological polar surface area (TPSA) is 49.9 Å². The van der Waals surface area contributed by atoms with Crippen LogP contribution >= 0.6 is 12.2 Å². The van der Waals surface area contributed by atoms with Crippen molar-refractivity contribution < 1.29 is 14.3 Å². The number of esters is 1. The standard InChI is InChI=1S/C20H22N2O3S/c1-4-25-20(24)16-12-8-9-13-17(16)22(3)18(23)14-19(26)21(2)15-10-6-5-7-11-15/h5-13H,4,14H2,1-3H3. The summed E-state index contributed by atoms with van der Waals surface area (Å²) in [6.07, 6.45) is 0.0639. The van der Waals surface area contributed by atoms with Crippen molar-refractivity contribution >= 4 is 40.5 Å². The van der Waals surface area contributed by atoms with Crippen molar-refractivity contribution in [1.29, 1.82) is 0 Å². The third-order valence-corrected chi connectivity index (χ3v) is 4.37. The summed E-state index contributed by atoms with van der Waals surface area (Å²) in [5.74, 6) is -0.652. The Balaban J connectivity index is 2.13. The lowest BCUT2D eigenvalue weighted by molar-refractivity contribution is -0.117. The molecule has 0 saturated heterocycles. The van der Waals surface area contributed by atoms with Crippen molar-refractivity contribution in [2.24, 2.45) is 0 Å². The van der Waals surface area contributed by atoms with Gasteiger partial charge in [-0.2, -0.15) is 0 Å². The van der Waals surface area contributed by atoms with Crippen LogP contribution in [-0.4, -0.2) is 37.6 Å². The molecule has 0 aromatic heterocycles. The average molecular weight is 370 g/mol. The maximum atomic E-state index is 12.7. The van der Waals surface area contributed by atoms with Gasteiger partial charge in [-0.1, -0.05) is 42.5 Å². The second-order valence-electron chi connectivity index (χ2n) is 5.66. The number of nitrogens with zero attached hydrogens (tertiary/aromatic N) is 2. The maximum absolute atomic E-state index is 12.7. The summed E-state index contributed by atoms with van der Waals surface area (Å²) in [5, 5.41) is 0. The van der Waals surface area contributed by atoms with Gasteiger partial charge in [0.2, 0.25) is 5.91 Å². The third kappa shape index (κ3) is 4.67. The number of anilines is 2. The van der Waals surface area contributed by atoms with E-state index in [4.69, 9.17) is 17.0 Å². The number of hydrogen-bond acceptors (Lipinski definition) is 4. The first-order chi connectivity index (χ1) is 12.5. The van der Waals surface area contributed by atoms with Crippen LogP contribution in [0.5, 0.6) is 0 Å². The molecule has 0 heterocycles. The normalized spacial score (nSPS) is 10.1. The molecule has 2 rings (SSSR count). The Morgan fingerprint density at radius 2 is 1.58 bits per heavy atom. The predicted molar refractivity (Wildman–Crippen MR) is 108 cm³/mol. The second kappa shape index (κ2) is 9.10. The van der Waals surface area contributed by atoms with Gasteiger partial charge < -0.3 is 14.5 Å². The molecule has 1 amide bonds. The number of rotatable bonds is 6. The molecular formula is C20H22N2O3S. The summed E-state index contributed by atoms with van der Waals surface area (Å²) in [6.45, 7) is 2.02. The van der Waals surface area contributed by atoms with Gasteiger partial charge >= 0.3 is 5.97 Å². The summed E-state index contributed by atoms with van der Waals surface area (Å²) in [7, 11) is 3.46. The SMILES string of the molecule is CCOC(=O)c1ccccc1N(C)C(=O)CC(=S)N(C)c1ccccc1. The molecule has 0 N–H and O–H groups in total.